The lowest BCUT2D eigenvalue weighted by molar-refractivity contribution is -0.143. The number of amides is 1. The lowest BCUT2D eigenvalue weighted by atomic mass is 10.1. The Hall–Kier alpha value is -2.58. The van der Waals surface area contributed by atoms with Crippen LogP contribution in [0.2, 0.25) is 0 Å². The Morgan fingerprint density at radius 3 is 1.96 bits per heavy atom. The molecule has 0 atom stereocenters. The number of carbonyl (C=O) groups is 1. The molecule has 0 fully saturated rings. The van der Waals surface area contributed by atoms with E-state index in [0.717, 1.165) is 0 Å². The van der Waals surface area contributed by atoms with Gasteiger partial charge in [-0.05, 0) is 18.1 Å². The van der Waals surface area contributed by atoms with E-state index < -0.39 is 53.0 Å². The minimum Gasteiger partial charge on any atom is -0.321 e. The summed E-state index contributed by atoms with van der Waals surface area (Å²) in [7, 11) is 0. The first-order valence-corrected chi connectivity index (χ1v) is 6.81. The largest absolute Gasteiger partial charge is 0.422 e. The number of hydrogen-bond acceptors (Lipinski definition) is 1. The van der Waals surface area contributed by atoms with Gasteiger partial charge >= 0.3 is 6.18 Å². The zero-order valence-electron chi connectivity index (χ0n) is 12.6. The SMILES string of the molecule is Cc1ccccc1CC(=O)Nc1c(F)c(F)c(C(F)(F)F)c(F)c1F. The normalized spacial score (nSPS) is 11.5. The van der Waals surface area contributed by atoms with Crippen LogP contribution in [0.3, 0.4) is 0 Å². The smallest absolute Gasteiger partial charge is 0.321 e. The third-order valence-corrected chi connectivity index (χ3v) is 3.42. The van der Waals surface area contributed by atoms with E-state index in [1.807, 2.05) is 0 Å². The zero-order valence-corrected chi connectivity index (χ0v) is 12.6. The molecule has 9 heteroatoms. The molecule has 134 valence electrons. The number of benzene rings is 2. The van der Waals surface area contributed by atoms with Gasteiger partial charge in [-0.1, -0.05) is 24.3 Å². The monoisotopic (exact) mass is 365 g/mol. The highest BCUT2D eigenvalue weighted by Gasteiger charge is 2.42. The molecule has 0 spiro atoms. The molecule has 0 unspecified atom stereocenters. The van der Waals surface area contributed by atoms with Gasteiger partial charge in [0.25, 0.3) is 0 Å². The summed E-state index contributed by atoms with van der Waals surface area (Å²) >= 11 is 0. The molecule has 25 heavy (non-hydrogen) atoms. The van der Waals surface area contributed by atoms with Gasteiger partial charge in [0.1, 0.15) is 11.3 Å². The molecule has 2 nitrogen and oxygen atoms in total. The maximum absolute atomic E-state index is 13.7. The summed E-state index contributed by atoms with van der Waals surface area (Å²) in [4.78, 5) is 11.8. The van der Waals surface area contributed by atoms with Gasteiger partial charge in [0.05, 0.1) is 6.42 Å². The number of anilines is 1. The standard InChI is InChI=1S/C16H10F7NO/c1-7-4-2-3-5-8(7)6-9(25)24-15-13(19)11(17)10(16(21,22)23)12(18)14(15)20/h2-5H,6H2,1H3,(H,24,25). The second-order valence-corrected chi connectivity index (χ2v) is 5.16. The van der Waals surface area contributed by atoms with Gasteiger partial charge in [0.15, 0.2) is 23.3 Å². The van der Waals surface area contributed by atoms with E-state index in [1.54, 1.807) is 30.4 Å². The van der Waals surface area contributed by atoms with Crippen LogP contribution >= 0.6 is 0 Å². The summed E-state index contributed by atoms with van der Waals surface area (Å²) in [6.07, 6.45) is -6.03. The van der Waals surface area contributed by atoms with Crippen LogP contribution in [0.25, 0.3) is 0 Å². The van der Waals surface area contributed by atoms with Gasteiger partial charge in [0.2, 0.25) is 5.91 Å². The molecule has 2 rings (SSSR count). The number of carbonyl (C=O) groups excluding carboxylic acids is 1. The topological polar surface area (TPSA) is 29.1 Å². The third-order valence-electron chi connectivity index (χ3n) is 3.42. The summed E-state index contributed by atoms with van der Waals surface area (Å²) in [5.74, 6) is -11.0. The van der Waals surface area contributed by atoms with Gasteiger partial charge in [-0.15, -0.1) is 0 Å². The number of nitrogens with one attached hydrogen (secondary N) is 1. The molecule has 2 aromatic carbocycles. The summed E-state index contributed by atoms with van der Waals surface area (Å²) in [5.41, 5.74) is -3.17. The highest BCUT2D eigenvalue weighted by atomic mass is 19.4. The van der Waals surface area contributed by atoms with Gasteiger partial charge in [-0.25, -0.2) is 17.6 Å². The fourth-order valence-electron chi connectivity index (χ4n) is 2.16. The molecular weight excluding hydrogens is 355 g/mol. The Labute approximate surface area is 137 Å². The molecule has 0 aliphatic carbocycles. The maximum atomic E-state index is 13.7. The molecule has 1 amide bonds. The molecule has 0 saturated carbocycles. The van der Waals surface area contributed by atoms with Crippen LogP contribution in [-0.4, -0.2) is 5.91 Å². The summed E-state index contributed by atoms with van der Waals surface area (Å²) in [6, 6.07) is 6.46. The molecule has 1 N–H and O–H groups in total. The van der Waals surface area contributed by atoms with Crippen molar-refractivity contribution in [2.24, 2.45) is 0 Å². The lowest BCUT2D eigenvalue weighted by Crippen LogP contribution is -2.21. The Kier molecular flexibility index (Phi) is 5.05. The van der Waals surface area contributed by atoms with E-state index in [9.17, 15) is 35.5 Å². The van der Waals surface area contributed by atoms with Crippen molar-refractivity contribution in [3.8, 4) is 0 Å². The second kappa shape index (κ2) is 6.73. The van der Waals surface area contributed by atoms with Crippen molar-refractivity contribution in [1.29, 1.82) is 0 Å². The quantitative estimate of drug-likeness (QED) is 0.617. The fraction of sp³-hybridized carbons (Fsp3) is 0.188. The Balaban J connectivity index is 2.38. The van der Waals surface area contributed by atoms with Gasteiger partial charge in [-0.2, -0.15) is 13.2 Å². The first-order valence-electron chi connectivity index (χ1n) is 6.81. The van der Waals surface area contributed by atoms with Gasteiger partial charge < -0.3 is 5.32 Å². The number of rotatable bonds is 3. The van der Waals surface area contributed by atoms with Gasteiger partial charge in [0, 0.05) is 0 Å². The van der Waals surface area contributed by atoms with E-state index in [0.29, 0.717) is 11.1 Å². The summed E-state index contributed by atoms with van der Waals surface area (Å²) in [5, 5.41) is 1.58. The number of halogens is 7. The molecule has 0 aliphatic heterocycles. The van der Waals surface area contributed by atoms with Crippen molar-refractivity contribution in [3.63, 3.8) is 0 Å². The van der Waals surface area contributed by atoms with E-state index in [4.69, 9.17) is 0 Å². The van der Waals surface area contributed by atoms with Crippen LogP contribution in [-0.2, 0) is 17.4 Å². The molecule has 0 radical (unpaired) electrons. The highest BCUT2D eigenvalue weighted by molar-refractivity contribution is 5.92. The van der Waals surface area contributed by atoms with Crippen LogP contribution in [0.4, 0.5) is 36.4 Å². The Morgan fingerprint density at radius 1 is 0.960 bits per heavy atom. The summed E-state index contributed by atoms with van der Waals surface area (Å²) in [6.45, 7) is 1.65. The number of aryl methyl sites for hydroxylation is 1. The first kappa shape index (κ1) is 18.8. The fourth-order valence-corrected chi connectivity index (χ4v) is 2.16. The zero-order chi connectivity index (χ0) is 18.9. The molecular formula is C16H10F7NO. The molecule has 0 bridgehead atoms. The van der Waals surface area contributed by atoms with E-state index in [1.165, 1.54) is 6.07 Å². The van der Waals surface area contributed by atoms with Crippen molar-refractivity contribution >= 4 is 11.6 Å². The van der Waals surface area contributed by atoms with Crippen LogP contribution in [0.5, 0.6) is 0 Å². The number of hydrogen-bond donors (Lipinski definition) is 1. The lowest BCUT2D eigenvalue weighted by Gasteiger charge is -2.15. The molecule has 2 aromatic rings. The molecule has 0 saturated heterocycles. The first-order chi connectivity index (χ1) is 11.5. The van der Waals surface area contributed by atoms with Crippen molar-refractivity contribution in [3.05, 3.63) is 64.2 Å². The van der Waals surface area contributed by atoms with Crippen LogP contribution in [0.1, 0.15) is 16.7 Å². The average Bonchev–Trinajstić information content (AvgIpc) is 2.51. The van der Waals surface area contributed by atoms with E-state index in [2.05, 4.69) is 0 Å². The van der Waals surface area contributed by atoms with Crippen molar-refractivity contribution in [2.75, 3.05) is 5.32 Å². The van der Waals surface area contributed by atoms with Crippen molar-refractivity contribution < 1.29 is 35.5 Å². The molecule has 0 aliphatic rings. The molecule has 0 aromatic heterocycles. The van der Waals surface area contributed by atoms with E-state index in [-0.39, 0.29) is 0 Å². The van der Waals surface area contributed by atoms with Crippen LogP contribution in [0.15, 0.2) is 24.3 Å². The van der Waals surface area contributed by atoms with Crippen molar-refractivity contribution in [1.82, 2.24) is 0 Å². The summed E-state index contributed by atoms with van der Waals surface area (Å²) < 4.78 is 91.9. The predicted octanol–water partition coefficient (Wildman–Crippen LogP) is 4.75. The maximum Gasteiger partial charge on any atom is 0.422 e. The minimum absolute atomic E-state index is 0.393. The van der Waals surface area contributed by atoms with Gasteiger partial charge in [-0.3, -0.25) is 4.79 Å². The average molecular weight is 365 g/mol. The highest BCUT2D eigenvalue weighted by Crippen LogP contribution is 2.38. The van der Waals surface area contributed by atoms with Crippen LogP contribution in [0, 0.1) is 30.2 Å². The minimum atomic E-state index is -5.64. The Bertz CT molecular complexity index is 801. The van der Waals surface area contributed by atoms with Crippen molar-refractivity contribution in [2.45, 2.75) is 19.5 Å². The number of alkyl halides is 3. The third kappa shape index (κ3) is 3.75. The Morgan fingerprint density at radius 2 is 1.48 bits per heavy atom. The second-order valence-electron chi connectivity index (χ2n) is 5.16. The molecule has 0 heterocycles. The van der Waals surface area contributed by atoms with E-state index >= 15 is 0 Å². The van der Waals surface area contributed by atoms with Crippen LogP contribution < -0.4 is 5.32 Å². The predicted molar refractivity (Wildman–Crippen MR) is 74.8 cm³/mol.